The first-order chi connectivity index (χ1) is 5.74. The molecule has 0 aliphatic carbocycles. The molecule has 0 saturated carbocycles. The molecule has 0 fully saturated rings. The molecule has 1 heterocycles. The normalized spacial score (nSPS) is 10.2. The number of H-pyrrole nitrogens is 1. The summed E-state index contributed by atoms with van der Waals surface area (Å²) in [7, 11) is 0. The summed E-state index contributed by atoms with van der Waals surface area (Å²) in [4.78, 5) is 0. The molecule has 0 radical (unpaired) electrons. The molecule has 0 bridgehead atoms. The first kappa shape index (κ1) is 9.68. The summed E-state index contributed by atoms with van der Waals surface area (Å²) in [6.45, 7) is 2.15. The molecule has 0 saturated heterocycles. The van der Waals surface area contributed by atoms with Gasteiger partial charge in [0.25, 0.3) is 0 Å². The number of unbranched alkanes of at least 4 members (excludes halogenated alkanes) is 1. The number of hydrogen-bond acceptors (Lipinski definition) is 2. The van der Waals surface area contributed by atoms with Crippen molar-refractivity contribution in [1.29, 1.82) is 0 Å². The maximum absolute atomic E-state index is 5.71. The number of aromatic nitrogens is 2. The average molecular weight is 203 g/mol. The molecule has 0 aliphatic rings. The summed E-state index contributed by atoms with van der Waals surface area (Å²) in [5, 5.41) is 6.97. The van der Waals surface area contributed by atoms with Gasteiger partial charge in [-0.1, -0.05) is 37.2 Å². The molecular weight excluding hydrogens is 192 g/mol. The van der Waals surface area contributed by atoms with E-state index in [-0.39, 0.29) is 0 Å². The smallest absolute Gasteiger partial charge is 0.149 e. The molecule has 0 atom stereocenters. The number of nitrogens with zero attached hydrogens (tertiary/aromatic N) is 1. The third-order valence-corrected chi connectivity index (χ3v) is 2.20. The van der Waals surface area contributed by atoms with Gasteiger partial charge in [0.2, 0.25) is 0 Å². The second kappa shape index (κ2) is 4.58. The summed E-state index contributed by atoms with van der Waals surface area (Å²) in [6, 6.07) is 1.83. The van der Waals surface area contributed by atoms with E-state index in [1.165, 1.54) is 0 Å². The van der Waals surface area contributed by atoms with Crippen LogP contribution in [0.1, 0.15) is 25.3 Å². The molecule has 2 nitrogen and oxygen atoms in total. The van der Waals surface area contributed by atoms with E-state index < -0.39 is 0 Å². The molecule has 1 aromatic heterocycles. The number of aromatic amines is 1. The minimum absolute atomic E-state index is 0.481. The van der Waals surface area contributed by atoms with Crippen molar-refractivity contribution in [2.75, 3.05) is 0 Å². The van der Waals surface area contributed by atoms with Crippen molar-refractivity contribution < 1.29 is 0 Å². The van der Waals surface area contributed by atoms with E-state index in [2.05, 4.69) is 17.1 Å². The third-order valence-electron chi connectivity index (χ3n) is 1.65. The van der Waals surface area contributed by atoms with Crippen LogP contribution in [0.5, 0.6) is 0 Å². The molecule has 1 aromatic rings. The fraction of sp³-hybridized carbons (Fsp3) is 0.500. The van der Waals surface area contributed by atoms with Crippen LogP contribution in [0.2, 0.25) is 5.15 Å². The molecule has 0 unspecified atom stereocenters. The summed E-state index contributed by atoms with van der Waals surface area (Å²) in [5.41, 5.74) is 1.09. The topological polar surface area (TPSA) is 28.7 Å². The SMILES string of the molecule is CCCCc1cc(Cl)n[nH]c1=S. The maximum atomic E-state index is 5.71. The van der Waals surface area contributed by atoms with Crippen LogP contribution in [0.25, 0.3) is 0 Å². The van der Waals surface area contributed by atoms with Gasteiger partial charge in [0.05, 0.1) is 0 Å². The highest BCUT2D eigenvalue weighted by molar-refractivity contribution is 7.71. The molecule has 4 heteroatoms. The van der Waals surface area contributed by atoms with E-state index >= 15 is 0 Å². The fourth-order valence-electron chi connectivity index (χ4n) is 0.971. The van der Waals surface area contributed by atoms with E-state index in [1.807, 2.05) is 6.07 Å². The zero-order valence-corrected chi connectivity index (χ0v) is 8.50. The number of hydrogen-bond donors (Lipinski definition) is 1. The number of rotatable bonds is 3. The Morgan fingerprint density at radius 3 is 3.08 bits per heavy atom. The van der Waals surface area contributed by atoms with E-state index in [1.54, 1.807) is 0 Å². The molecule has 0 amide bonds. The Labute approximate surface area is 82.0 Å². The van der Waals surface area contributed by atoms with E-state index in [4.69, 9.17) is 23.8 Å². The van der Waals surface area contributed by atoms with Crippen molar-refractivity contribution >= 4 is 23.8 Å². The van der Waals surface area contributed by atoms with Crippen molar-refractivity contribution in [1.82, 2.24) is 10.2 Å². The lowest BCUT2D eigenvalue weighted by Crippen LogP contribution is -1.91. The van der Waals surface area contributed by atoms with Crippen LogP contribution in [-0.4, -0.2) is 10.2 Å². The summed E-state index contributed by atoms with van der Waals surface area (Å²) in [6.07, 6.45) is 3.28. The van der Waals surface area contributed by atoms with Crippen molar-refractivity contribution in [3.63, 3.8) is 0 Å². The predicted octanol–water partition coefficient (Wildman–Crippen LogP) is 3.14. The molecule has 0 aromatic carbocycles. The van der Waals surface area contributed by atoms with Gasteiger partial charge in [0.1, 0.15) is 9.79 Å². The predicted molar refractivity (Wildman–Crippen MR) is 53.0 cm³/mol. The lowest BCUT2D eigenvalue weighted by Gasteiger charge is -1.99. The molecule has 1 N–H and O–H groups in total. The van der Waals surface area contributed by atoms with Crippen molar-refractivity contribution in [3.8, 4) is 0 Å². The first-order valence-electron chi connectivity index (χ1n) is 3.98. The minimum atomic E-state index is 0.481. The van der Waals surface area contributed by atoms with E-state index in [0.29, 0.717) is 9.79 Å². The van der Waals surface area contributed by atoms with Gasteiger partial charge in [-0.2, -0.15) is 5.10 Å². The van der Waals surface area contributed by atoms with Gasteiger partial charge in [-0.05, 0) is 24.5 Å². The van der Waals surface area contributed by atoms with Gasteiger partial charge in [0.15, 0.2) is 0 Å². The minimum Gasteiger partial charge on any atom is -0.266 e. The van der Waals surface area contributed by atoms with Crippen LogP contribution in [0, 0.1) is 4.64 Å². The van der Waals surface area contributed by atoms with Crippen molar-refractivity contribution in [3.05, 3.63) is 21.4 Å². The lowest BCUT2D eigenvalue weighted by molar-refractivity contribution is 0.784. The fourth-order valence-corrected chi connectivity index (χ4v) is 1.35. The van der Waals surface area contributed by atoms with Gasteiger partial charge in [-0.3, -0.25) is 5.10 Å². The van der Waals surface area contributed by atoms with Gasteiger partial charge in [0, 0.05) is 0 Å². The summed E-state index contributed by atoms with van der Waals surface area (Å²) >= 11 is 10.8. The average Bonchev–Trinajstić information content (AvgIpc) is 2.07. The van der Waals surface area contributed by atoms with E-state index in [9.17, 15) is 0 Å². The van der Waals surface area contributed by atoms with Crippen LogP contribution in [0.3, 0.4) is 0 Å². The molecule has 0 aliphatic heterocycles. The van der Waals surface area contributed by atoms with Gasteiger partial charge < -0.3 is 0 Å². The monoisotopic (exact) mass is 202 g/mol. The van der Waals surface area contributed by atoms with Gasteiger partial charge in [-0.15, -0.1) is 0 Å². The molecular formula is C8H11ClN2S. The second-order valence-corrected chi connectivity index (χ2v) is 3.44. The Morgan fingerprint density at radius 1 is 1.67 bits per heavy atom. The van der Waals surface area contributed by atoms with Gasteiger partial charge in [-0.25, -0.2) is 0 Å². The van der Waals surface area contributed by atoms with Crippen molar-refractivity contribution in [2.24, 2.45) is 0 Å². The van der Waals surface area contributed by atoms with Crippen LogP contribution in [0.4, 0.5) is 0 Å². The van der Waals surface area contributed by atoms with Crippen molar-refractivity contribution in [2.45, 2.75) is 26.2 Å². The highest BCUT2D eigenvalue weighted by Gasteiger charge is 1.97. The molecule has 12 heavy (non-hydrogen) atoms. The Balaban J connectivity index is 2.83. The largest absolute Gasteiger partial charge is 0.266 e. The third kappa shape index (κ3) is 2.57. The van der Waals surface area contributed by atoms with Crippen LogP contribution < -0.4 is 0 Å². The van der Waals surface area contributed by atoms with Crippen LogP contribution in [-0.2, 0) is 6.42 Å². The van der Waals surface area contributed by atoms with Crippen LogP contribution in [0.15, 0.2) is 6.07 Å². The number of nitrogens with one attached hydrogen (secondary N) is 1. The lowest BCUT2D eigenvalue weighted by atomic mass is 10.1. The van der Waals surface area contributed by atoms with E-state index in [0.717, 1.165) is 24.8 Å². The Morgan fingerprint density at radius 2 is 2.42 bits per heavy atom. The quantitative estimate of drug-likeness (QED) is 0.763. The molecule has 1 rings (SSSR count). The second-order valence-electron chi connectivity index (χ2n) is 2.65. The highest BCUT2D eigenvalue weighted by atomic mass is 35.5. The molecule has 66 valence electrons. The summed E-state index contributed by atoms with van der Waals surface area (Å²) < 4.78 is 0.702. The zero-order chi connectivity index (χ0) is 8.97. The van der Waals surface area contributed by atoms with Crippen LogP contribution >= 0.6 is 23.8 Å². The Kier molecular flexibility index (Phi) is 3.69. The zero-order valence-electron chi connectivity index (χ0n) is 6.93. The first-order valence-corrected chi connectivity index (χ1v) is 4.76. The Hall–Kier alpha value is -0.410. The number of aryl methyl sites for hydroxylation is 1. The standard InChI is InChI=1S/C8H11ClN2S/c1-2-3-4-6-5-7(9)10-11-8(6)12/h5H,2-4H2,1H3,(H,11,12). The Bertz CT molecular complexity index is 308. The summed E-state index contributed by atoms with van der Waals surface area (Å²) in [5.74, 6) is 0. The molecule has 0 spiro atoms. The van der Waals surface area contributed by atoms with Gasteiger partial charge >= 0.3 is 0 Å². The highest BCUT2D eigenvalue weighted by Crippen LogP contribution is 2.10. The maximum Gasteiger partial charge on any atom is 0.149 e. The number of halogens is 1.